The molecule has 2 aromatic rings. The van der Waals surface area contributed by atoms with E-state index >= 15 is 0 Å². The number of hydrogen-bond donors (Lipinski definition) is 1. The minimum absolute atomic E-state index is 0.0831. The van der Waals surface area contributed by atoms with E-state index in [0.29, 0.717) is 32.1 Å². The van der Waals surface area contributed by atoms with Gasteiger partial charge in [0.15, 0.2) is 0 Å². The van der Waals surface area contributed by atoms with Crippen molar-refractivity contribution in [2.45, 2.75) is 17.9 Å². The number of nitrogens with one attached hydrogen (secondary N) is 1. The quantitative estimate of drug-likeness (QED) is 0.804. The van der Waals surface area contributed by atoms with Gasteiger partial charge in [0.05, 0.1) is 29.2 Å². The molecule has 1 aliphatic heterocycles. The zero-order chi connectivity index (χ0) is 18.7. The van der Waals surface area contributed by atoms with Gasteiger partial charge in [-0.05, 0) is 37.3 Å². The van der Waals surface area contributed by atoms with Crippen LogP contribution in [0.2, 0.25) is 5.02 Å². The molecule has 0 saturated carbocycles. The smallest absolute Gasteiger partial charge is 0.240 e. The molecular weight excluding hydrogens is 383 g/mol. The predicted octanol–water partition coefficient (Wildman–Crippen LogP) is 2.73. The molecule has 1 aromatic heterocycles. The predicted molar refractivity (Wildman–Crippen MR) is 95.2 cm³/mol. The van der Waals surface area contributed by atoms with Crippen molar-refractivity contribution >= 4 is 21.6 Å². The summed E-state index contributed by atoms with van der Waals surface area (Å²) in [5, 5.41) is -0.237. The Kier molecular flexibility index (Phi) is 5.99. The first-order valence-corrected chi connectivity index (χ1v) is 10.1. The summed E-state index contributed by atoms with van der Waals surface area (Å²) in [6.07, 6.45) is 0. The van der Waals surface area contributed by atoms with Crippen LogP contribution in [0.4, 0.5) is 4.39 Å². The number of hydrogen-bond acceptors (Lipinski definition) is 5. The van der Waals surface area contributed by atoms with Crippen molar-refractivity contribution in [3.63, 3.8) is 0 Å². The molecule has 1 aromatic carbocycles. The number of morpholine rings is 1. The molecule has 1 fully saturated rings. The standard InChI is InChI=1S/C17H20ClFN2O4S/c1-12-2-5-17(25-12)16(21-6-8-24-9-7-21)11-20-26(22,23)13-3-4-15(19)14(18)10-13/h2-5,10,16,20H,6-9,11H2,1H3. The summed E-state index contributed by atoms with van der Waals surface area (Å²) in [5.41, 5.74) is 0. The summed E-state index contributed by atoms with van der Waals surface area (Å²) in [6, 6.07) is 6.74. The normalized spacial score (nSPS) is 17.3. The number of rotatable bonds is 6. The fourth-order valence-electron chi connectivity index (χ4n) is 2.85. The fourth-order valence-corrected chi connectivity index (χ4v) is 4.16. The lowest BCUT2D eigenvalue weighted by molar-refractivity contribution is 0.0127. The molecule has 6 nitrogen and oxygen atoms in total. The van der Waals surface area contributed by atoms with Crippen molar-refractivity contribution in [3.8, 4) is 0 Å². The molecule has 1 aliphatic rings. The number of halogens is 2. The van der Waals surface area contributed by atoms with E-state index in [1.165, 1.54) is 6.07 Å². The Hall–Kier alpha value is -1.45. The summed E-state index contributed by atoms with van der Waals surface area (Å²) < 4.78 is 52.1. The van der Waals surface area contributed by atoms with Crippen molar-refractivity contribution in [1.29, 1.82) is 0 Å². The van der Waals surface area contributed by atoms with Crippen LogP contribution in [0.1, 0.15) is 17.6 Å². The number of ether oxygens (including phenoxy) is 1. The van der Waals surface area contributed by atoms with E-state index in [4.69, 9.17) is 20.8 Å². The van der Waals surface area contributed by atoms with Gasteiger partial charge in [-0.25, -0.2) is 17.5 Å². The highest BCUT2D eigenvalue weighted by atomic mass is 35.5. The third kappa shape index (κ3) is 4.44. The molecule has 1 N–H and O–H groups in total. The van der Waals surface area contributed by atoms with E-state index in [1.54, 1.807) is 0 Å². The van der Waals surface area contributed by atoms with Crippen LogP contribution in [0.3, 0.4) is 0 Å². The Morgan fingerprint density at radius 2 is 2.00 bits per heavy atom. The van der Waals surface area contributed by atoms with Crippen molar-refractivity contribution in [2.75, 3.05) is 32.8 Å². The molecule has 2 heterocycles. The van der Waals surface area contributed by atoms with Gasteiger partial charge in [-0.2, -0.15) is 0 Å². The lowest BCUT2D eigenvalue weighted by Gasteiger charge is -2.33. The minimum atomic E-state index is -3.84. The second-order valence-electron chi connectivity index (χ2n) is 6.04. The monoisotopic (exact) mass is 402 g/mol. The topological polar surface area (TPSA) is 71.8 Å². The first-order chi connectivity index (χ1) is 12.4. The van der Waals surface area contributed by atoms with Crippen LogP contribution >= 0.6 is 11.6 Å². The van der Waals surface area contributed by atoms with Gasteiger partial charge in [0.25, 0.3) is 0 Å². The van der Waals surface area contributed by atoms with Crippen molar-refractivity contribution in [1.82, 2.24) is 9.62 Å². The summed E-state index contributed by atoms with van der Waals surface area (Å²) in [7, 11) is -3.84. The number of sulfonamides is 1. The van der Waals surface area contributed by atoms with Gasteiger partial charge in [0.2, 0.25) is 10.0 Å². The minimum Gasteiger partial charge on any atom is -0.465 e. The molecule has 142 valence electrons. The van der Waals surface area contributed by atoms with Crippen LogP contribution in [-0.4, -0.2) is 46.2 Å². The Morgan fingerprint density at radius 1 is 1.27 bits per heavy atom. The molecule has 0 amide bonds. The van der Waals surface area contributed by atoms with Gasteiger partial charge in [-0.15, -0.1) is 0 Å². The molecule has 3 rings (SSSR count). The average Bonchev–Trinajstić information content (AvgIpc) is 3.04. The molecule has 9 heteroatoms. The Bertz CT molecular complexity index is 865. The van der Waals surface area contributed by atoms with E-state index in [1.807, 2.05) is 19.1 Å². The van der Waals surface area contributed by atoms with E-state index in [0.717, 1.165) is 17.9 Å². The lowest BCUT2D eigenvalue weighted by atomic mass is 10.2. The Morgan fingerprint density at radius 3 is 2.62 bits per heavy atom. The average molecular weight is 403 g/mol. The van der Waals surface area contributed by atoms with Gasteiger partial charge in [0, 0.05) is 19.6 Å². The third-order valence-electron chi connectivity index (χ3n) is 4.24. The maximum absolute atomic E-state index is 13.3. The van der Waals surface area contributed by atoms with Crippen molar-refractivity contribution in [2.24, 2.45) is 0 Å². The highest BCUT2D eigenvalue weighted by molar-refractivity contribution is 7.89. The van der Waals surface area contributed by atoms with Crippen molar-refractivity contribution in [3.05, 3.63) is 52.7 Å². The summed E-state index contributed by atoms with van der Waals surface area (Å²) in [6.45, 7) is 4.46. The second-order valence-corrected chi connectivity index (χ2v) is 8.21. The van der Waals surface area contributed by atoms with Gasteiger partial charge >= 0.3 is 0 Å². The Balaban J connectivity index is 1.79. The molecule has 0 radical (unpaired) electrons. The second kappa shape index (κ2) is 8.06. The van der Waals surface area contributed by atoms with E-state index in [-0.39, 0.29) is 22.5 Å². The maximum Gasteiger partial charge on any atom is 0.240 e. The summed E-state index contributed by atoms with van der Waals surface area (Å²) >= 11 is 5.70. The van der Waals surface area contributed by atoms with Gasteiger partial charge in [-0.1, -0.05) is 11.6 Å². The summed E-state index contributed by atoms with van der Waals surface area (Å²) in [4.78, 5) is 2.03. The lowest BCUT2D eigenvalue weighted by Crippen LogP contribution is -2.43. The molecule has 1 unspecified atom stereocenters. The number of nitrogens with zero attached hydrogens (tertiary/aromatic N) is 1. The van der Waals surface area contributed by atoms with E-state index in [9.17, 15) is 12.8 Å². The zero-order valence-corrected chi connectivity index (χ0v) is 15.8. The highest BCUT2D eigenvalue weighted by Crippen LogP contribution is 2.25. The molecule has 1 saturated heterocycles. The van der Waals surface area contributed by atoms with Crippen LogP contribution < -0.4 is 4.72 Å². The molecule has 0 aliphatic carbocycles. The molecule has 0 spiro atoms. The number of benzene rings is 1. The van der Waals surface area contributed by atoms with E-state index < -0.39 is 15.8 Å². The largest absolute Gasteiger partial charge is 0.465 e. The number of aryl methyl sites for hydroxylation is 1. The van der Waals surface area contributed by atoms with E-state index in [2.05, 4.69) is 9.62 Å². The summed E-state index contributed by atoms with van der Waals surface area (Å²) in [5.74, 6) is 0.776. The van der Waals surface area contributed by atoms with Gasteiger partial charge in [0.1, 0.15) is 17.3 Å². The Labute approximate surface area is 156 Å². The van der Waals surface area contributed by atoms with Crippen LogP contribution in [0.25, 0.3) is 0 Å². The molecular formula is C17H20ClFN2O4S. The highest BCUT2D eigenvalue weighted by Gasteiger charge is 2.27. The van der Waals surface area contributed by atoms with Gasteiger partial charge in [-0.3, -0.25) is 4.90 Å². The maximum atomic E-state index is 13.3. The van der Waals surface area contributed by atoms with Crippen LogP contribution in [0, 0.1) is 12.7 Å². The number of furan rings is 1. The van der Waals surface area contributed by atoms with Crippen LogP contribution in [0.5, 0.6) is 0 Å². The van der Waals surface area contributed by atoms with Crippen molar-refractivity contribution < 1.29 is 22.0 Å². The molecule has 26 heavy (non-hydrogen) atoms. The molecule has 0 bridgehead atoms. The SMILES string of the molecule is Cc1ccc(C(CNS(=O)(=O)c2ccc(F)c(Cl)c2)N2CCOCC2)o1. The zero-order valence-electron chi connectivity index (χ0n) is 14.2. The third-order valence-corrected chi connectivity index (χ3v) is 5.95. The molecule has 1 atom stereocenters. The van der Waals surface area contributed by atoms with Crippen LogP contribution in [-0.2, 0) is 14.8 Å². The fraction of sp³-hybridized carbons (Fsp3) is 0.412. The first-order valence-electron chi connectivity index (χ1n) is 8.19. The van der Waals surface area contributed by atoms with Crippen LogP contribution in [0.15, 0.2) is 39.6 Å². The van der Waals surface area contributed by atoms with Gasteiger partial charge < -0.3 is 9.15 Å². The first kappa shape index (κ1) is 19.3.